The summed E-state index contributed by atoms with van der Waals surface area (Å²) in [4.78, 5) is 26.9. The molecule has 1 amide bonds. The number of hydrogen-bond acceptors (Lipinski definition) is 5. The SMILES string of the molecule is COC(=O)[C@@](NC(=O)OCc1ccccc1)(c1ccc(F)cc1)[C@H](Nc1ccccc1)c1ccccc1. The number of ether oxygens (including phenoxy) is 2. The minimum atomic E-state index is -1.83. The summed E-state index contributed by atoms with van der Waals surface area (Å²) in [5, 5.41) is 6.16. The molecule has 7 heteroatoms. The summed E-state index contributed by atoms with van der Waals surface area (Å²) in [6, 6.07) is 32.1. The Morgan fingerprint density at radius 2 is 1.38 bits per heavy atom. The summed E-state index contributed by atoms with van der Waals surface area (Å²) in [5.74, 6) is -1.24. The van der Waals surface area contributed by atoms with E-state index in [0.29, 0.717) is 16.8 Å². The normalized spacial score (nSPS) is 13.0. The first-order chi connectivity index (χ1) is 18.0. The fraction of sp³-hybridized carbons (Fsp3) is 0.133. The van der Waals surface area contributed by atoms with Crippen molar-refractivity contribution in [2.24, 2.45) is 0 Å². The number of carbonyl (C=O) groups excluding carboxylic acids is 2. The number of anilines is 1. The zero-order valence-electron chi connectivity index (χ0n) is 20.3. The summed E-state index contributed by atoms with van der Waals surface area (Å²) in [7, 11) is 1.24. The molecule has 4 aromatic rings. The molecule has 0 fully saturated rings. The van der Waals surface area contributed by atoms with Gasteiger partial charge < -0.3 is 14.8 Å². The predicted molar refractivity (Wildman–Crippen MR) is 139 cm³/mol. The van der Waals surface area contributed by atoms with Gasteiger partial charge in [-0.3, -0.25) is 5.32 Å². The maximum atomic E-state index is 14.0. The molecule has 0 radical (unpaired) electrons. The first-order valence-corrected chi connectivity index (χ1v) is 11.7. The lowest BCUT2D eigenvalue weighted by Gasteiger charge is -2.40. The fourth-order valence-corrected chi connectivity index (χ4v) is 4.18. The van der Waals surface area contributed by atoms with Crippen LogP contribution >= 0.6 is 0 Å². The Morgan fingerprint density at radius 3 is 1.97 bits per heavy atom. The molecule has 0 aliphatic heterocycles. The quantitative estimate of drug-likeness (QED) is 0.278. The molecular formula is C30H27FN2O4. The summed E-state index contributed by atoms with van der Waals surface area (Å²) in [6.45, 7) is -0.00450. The van der Waals surface area contributed by atoms with Crippen LogP contribution in [-0.2, 0) is 26.4 Å². The lowest BCUT2D eigenvalue weighted by atomic mass is 9.78. The van der Waals surface area contributed by atoms with Crippen LogP contribution in [-0.4, -0.2) is 19.2 Å². The van der Waals surface area contributed by atoms with E-state index in [4.69, 9.17) is 9.47 Å². The van der Waals surface area contributed by atoms with Crippen LogP contribution < -0.4 is 10.6 Å². The molecule has 37 heavy (non-hydrogen) atoms. The number of carbonyl (C=O) groups is 2. The van der Waals surface area contributed by atoms with E-state index in [1.165, 1.54) is 31.4 Å². The fourth-order valence-electron chi connectivity index (χ4n) is 4.18. The molecule has 0 spiro atoms. The number of amides is 1. The van der Waals surface area contributed by atoms with Gasteiger partial charge in [0.25, 0.3) is 0 Å². The van der Waals surface area contributed by atoms with E-state index in [0.717, 1.165) is 5.56 Å². The van der Waals surface area contributed by atoms with Crippen LogP contribution in [0.5, 0.6) is 0 Å². The molecule has 6 nitrogen and oxygen atoms in total. The molecule has 0 unspecified atom stereocenters. The number of benzene rings is 4. The van der Waals surface area contributed by atoms with E-state index >= 15 is 0 Å². The van der Waals surface area contributed by atoms with Gasteiger partial charge in [0.05, 0.1) is 13.2 Å². The van der Waals surface area contributed by atoms with Gasteiger partial charge in [-0.2, -0.15) is 0 Å². The maximum Gasteiger partial charge on any atom is 0.408 e. The molecule has 0 aliphatic rings. The van der Waals surface area contributed by atoms with E-state index < -0.39 is 29.5 Å². The van der Waals surface area contributed by atoms with Crippen LogP contribution in [0.25, 0.3) is 0 Å². The van der Waals surface area contributed by atoms with E-state index in [1.54, 1.807) is 0 Å². The number of methoxy groups -OCH3 is 1. The van der Waals surface area contributed by atoms with E-state index in [1.807, 2.05) is 91.0 Å². The maximum absolute atomic E-state index is 14.0. The van der Waals surface area contributed by atoms with Gasteiger partial charge in [0.1, 0.15) is 12.4 Å². The molecule has 4 aromatic carbocycles. The molecule has 0 saturated heterocycles. The lowest BCUT2D eigenvalue weighted by molar-refractivity contribution is -0.150. The highest BCUT2D eigenvalue weighted by Crippen LogP contribution is 2.39. The van der Waals surface area contributed by atoms with Gasteiger partial charge in [0.2, 0.25) is 0 Å². The van der Waals surface area contributed by atoms with Crippen LogP contribution in [0, 0.1) is 5.82 Å². The Kier molecular flexibility index (Phi) is 8.15. The summed E-state index contributed by atoms with van der Waals surface area (Å²) >= 11 is 0. The minimum Gasteiger partial charge on any atom is -0.467 e. The van der Waals surface area contributed by atoms with E-state index in [9.17, 15) is 14.0 Å². The molecule has 2 N–H and O–H groups in total. The Morgan fingerprint density at radius 1 is 0.811 bits per heavy atom. The third-order valence-corrected chi connectivity index (χ3v) is 5.97. The van der Waals surface area contributed by atoms with Crippen LogP contribution in [0.4, 0.5) is 14.9 Å². The van der Waals surface area contributed by atoms with Gasteiger partial charge >= 0.3 is 12.1 Å². The van der Waals surface area contributed by atoms with Crippen molar-refractivity contribution in [3.05, 3.63) is 138 Å². The molecule has 0 heterocycles. The predicted octanol–water partition coefficient (Wildman–Crippen LogP) is 5.97. The highest BCUT2D eigenvalue weighted by molar-refractivity contribution is 5.89. The second-order valence-electron chi connectivity index (χ2n) is 8.35. The Balaban J connectivity index is 1.82. The van der Waals surface area contributed by atoms with Gasteiger partial charge in [0, 0.05) is 5.69 Å². The van der Waals surface area contributed by atoms with Crippen LogP contribution in [0.15, 0.2) is 115 Å². The van der Waals surface area contributed by atoms with Crippen molar-refractivity contribution in [3.8, 4) is 0 Å². The largest absolute Gasteiger partial charge is 0.467 e. The third kappa shape index (κ3) is 5.95. The van der Waals surface area contributed by atoms with Crippen molar-refractivity contribution in [1.29, 1.82) is 0 Å². The van der Waals surface area contributed by atoms with E-state index in [2.05, 4.69) is 10.6 Å². The summed E-state index contributed by atoms with van der Waals surface area (Å²) < 4.78 is 24.7. The number of para-hydroxylation sites is 1. The van der Waals surface area contributed by atoms with Crippen LogP contribution in [0.2, 0.25) is 0 Å². The smallest absolute Gasteiger partial charge is 0.408 e. The van der Waals surface area contributed by atoms with Crippen molar-refractivity contribution in [3.63, 3.8) is 0 Å². The highest BCUT2D eigenvalue weighted by Gasteiger charge is 2.51. The first-order valence-electron chi connectivity index (χ1n) is 11.7. The van der Waals surface area contributed by atoms with Gasteiger partial charge in [-0.25, -0.2) is 14.0 Å². The van der Waals surface area contributed by atoms with Crippen molar-refractivity contribution in [2.45, 2.75) is 18.2 Å². The Bertz CT molecular complexity index is 1300. The first kappa shape index (κ1) is 25.4. The van der Waals surface area contributed by atoms with Crippen LogP contribution in [0.3, 0.4) is 0 Å². The zero-order chi connectivity index (χ0) is 26.1. The number of alkyl carbamates (subject to hydrolysis) is 1. The molecule has 2 atom stereocenters. The number of rotatable bonds is 9. The zero-order valence-corrected chi connectivity index (χ0v) is 20.3. The van der Waals surface area contributed by atoms with Crippen molar-refractivity contribution in [1.82, 2.24) is 5.32 Å². The molecule has 0 saturated carbocycles. The average molecular weight is 499 g/mol. The Labute approximate surface area is 215 Å². The van der Waals surface area contributed by atoms with Gasteiger partial charge in [0.15, 0.2) is 5.54 Å². The Hall–Kier alpha value is -4.65. The lowest BCUT2D eigenvalue weighted by Crippen LogP contribution is -2.58. The molecule has 0 aromatic heterocycles. The molecule has 0 aliphatic carbocycles. The average Bonchev–Trinajstić information content (AvgIpc) is 2.95. The number of esters is 1. The highest BCUT2D eigenvalue weighted by atomic mass is 19.1. The second-order valence-corrected chi connectivity index (χ2v) is 8.35. The second kappa shape index (κ2) is 11.9. The standard InChI is InChI=1S/C30H27FN2O4/c1-36-28(34)30(24-17-19-25(31)20-18-24,33-29(35)37-21-22-11-5-2-6-12-22)27(23-13-7-3-8-14-23)32-26-15-9-4-10-16-26/h2-20,27,32H,21H2,1H3,(H,33,35)/t27-,30-/m1/s1. The molecular weight excluding hydrogens is 471 g/mol. The topological polar surface area (TPSA) is 76.7 Å². The van der Waals surface area contributed by atoms with Crippen molar-refractivity contribution in [2.75, 3.05) is 12.4 Å². The number of halogens is 1. The van der Waals surface area contributed by atoms with Gasteiger partial charge in [-0.15, -0.1) is 0 Å². The summed E-state index contributed by atoms with van der Waals surface area (Å²) in [6.07, 6.45) is -0.839. The minimum absolute atomic E-state index is 0.00450. The summed E-state index contributed by atoms with van der Waals surface area (Å²) in [5.41, 5.74) is 0.656. The monoisotopic (exact) mass is 498 g/mol. The van der Waals surface area contributed by atoms with Crippen LogP contribution in [0.1, 0.15) is 22.7 Å². The molecule has 4 rings (SSSR count). The van der Waals surface area contributed by atoms with Gasteiger partial charge in [-0.1, -0.05) is 91.0 Å². The molecule has 0 bridgehead atoms. The number of hydrogen-bond donors (Lipinski definition) is 2. The van der Waals surface area contributed by atoms with Gasteiger partial charge in [-0.05, 0) is 41.0 Å². The molecule has 188 valence electrons. The van der Waals surface area contributed by atoms with Crippen molar-refractivity contribution < 1.29 is 23.5 Å². The van der Waals surface area contributed by atoms with Crippen molar-refractivity contribution >= 4 is 17.7 Å². The number of nitrogens with one attached hydrogen (secondary N) is 2. The third-order valence-electron chi connectivity index (χ3n) is 5.97. The van der Waals surface area contributed by atoms with E-state index in [-0.39, 0.29) is 6.61 Å².